The molecule has 0 aliphatic rings. The van der Waals surface area contributed by atoms with Crippen LogP contribution in [0.25, 0.3) is 0 Å². The Labute approximate surface area is 79.6 Å². The third-order valence-corrected chi connectivity index (χ3v) is 2.56. The first-order valence-corrected chi connectivity index (χ1v) is 4.38. The van der Waals surface area contributed by atoms with Gasteiger partial charge in [-0.15, -0.1) is 0 Å². The summed E-state index contributed by atoms with van der Waals surface area (Å²) in [6, 6.07) is 0. The van der Waals surface area contributed by atoms with Gasteiger partial charge in [0.2, 0.25) is 0 Å². The van der Waals surface area contributed by atoms with Gasteiger partial charge in [-0.2, -0.15) is 5.10 Å². The van der Waals surface area contributed by atoms with Crippen molar-refractivity contribution in [2.75, 3.05) is 13.7 Å². The van der Waals surface area contributed by atoms with Crippen molar-refractivity contribution in [2.24, 2.45) is 5.73 Å². The molecule has 0 aromatic carbocycles. The molecule has 0 spiro atoms. The summed E-state index contributed by atoms with van der Waals surface area (Å²) in [4.78, 5) is 0. The number of nitrogens with zero attached hydrogens (tertiary/aromatic N) is 1. The first-order valence-electron chi connectivity index (χ1n) is 3.58. The van der Waals surface area contributed by atoms with E-state index in [1.54, 1.807) is 13.3 Å². The molecule has 0 saturated heterocycles. The minimum absolute atomic E-state index is 0.407. The van der Waals surface area contributed by atoms with Crippen molar-refractivity contribution in [2.45, 2.75) is 12.5 Å². The van der Waals surface area contributed by atoms with E-state index < -0.39 is 5.60 Å². The molecule has 0 aliphatic carbocycles. The predicted octanol–water partition coefficient (Wildman–Crippen LogP) is 0.992. The van der Waals surface area contributed by atoms with Crippen molar-refractivity contribution in [3.05, 3.63) is 16.4 Å². The molecule has 1 rings (SSSR count). The van der Waals surface area contributed by atoms with E-state index in [1.165, 1.54) is 0 Å². The second-order valence-corrected chi connectivity index (χ2v) is 3.59. The van der Waals surface area contributed by atoms with E-state index in [0.717, 1.165) is 10.2 Å². The first kappa shape index (κ1) is 9.70. The molecule has 1 aromatic heterocycles. The molecule has 1 heterocycles. The summed E-state index contributed by atoms with van der Waals surface area (Å²) in [6.07, 6.45) is 1.68. The number of hydrogen-bond acceptors (Lipinski definition) is 3. The zero-order valence-corrected chi connectivity index (χ0v) is 8.68. The normalized spacial score (nSPS) is 16.0. The summed E-state index contributed by atoms with van der Waals surface area (Å²) in [7, 11) is 1.63. The van der Waals surface area contributed by atoms with Gasteiger partial charge in [0.25, 0.3) is 0 Å². The Morgan fingerprint density at radius 2 is 2.50 bits per heavy atom. The number of ether oxygens (including phenoxy) is 1. The highest BCUT2D eigenvalue weighted by atomic mass is 79.9. The number of nitrogens with two attached hydrogens (primary N) is 1. The topological polar surface area (TPSA) is 63.9 Å². The summed E-state index contributed by atoms with van der Waals surface area (Å²) < 4.78 is 6.17. The van der Waals surface area contributed by atoms with Gasteiger partial charge < -0.3 is 10.5 Å². The van der Waals surface area contributed by atoms with Crippen LogP contribution in [0.2, 0.25) is 0 Å². The van der Waals surface area contributed by atoms with Crippen LogP contribution in [0.5, 0.6) is 0 Å². The minimum atomic E-state index is -0.491. The number of halogens is 1. The van der Waals surface area contributed by atoms with Crippen molar-refractivity contribution in [1.29, 1.82) is 0 Å². The van der Waals surface area contributed by atoms with Crippen molar-refractivity contribution >= 4 is 15.9 Å². The monoisotopic (exact) mass is 233 g/mol. The highest BCUT2D eigenvalue weighted by molar-refractivity contribution is 9.10. The van der Waals surface area contributed by atoms with Gasteiger partial charge in [-0.3, -0.25) is 5.10 Å². The van der Waals surface area contributed by atoms with Crippen LogP contribution < -0.4 is 5.73 Å². The molecule has 0 aliphatic heterocycles. The fourth-order valence-corrected chi connectivity index (χ4v) is 1.54. The number of hydrogen-bond donors (Lipinski definition) is 2. The van der Waals surface area contributed by atoms with Crippen molar-refractivity contribution < 1.29 is 4.74 Å². The standard InChI is InChI=1S/C7H12BrN3O/c1-7(4-9,12-2)6-5(8)3-10-11-6/h3H,4,9H2,1-2H3,(H,10,11). The second-order valence-electron chi connectivity index (χ2n) is 2.73. The molecule has 68 valence electrons. The second kappa shape index (κ2) is 3.55. The van der Waals surface area contributed by atoms with Crippen molar-refractivity contribution in [3.8, 4) is 0 Å². The molecule has 1 atom stereocenters. The third-order valence-electron chi connectivity index (χ3n) is 1.96. The van der Waals surface area contributed by atoms with Crippen LogP contribution >= 0.6 is 15.9 Å². The zero-order valence-electron chi connectivity index (χ0n) is 7.10. The number of rotatable bonds is 3. The summed E-state index contributed by atoms with van der Waals surface area (Å²) in [5.41, 5.74) is 5.96. The van der Waals surface area contributed by atoms with Crippen molar-refractivity contribution in [3.63, 3.8) is 0 Å². The largest absolute Gasteiger partial charge is 0.371 e. The molecule has 1 aromatic rings. The van der Waals surface area contributed by atoms with Crippen LogP contribution in [-0.2, 0) is 10.3 Å². The average Bonchev–Trinajstić information content (AvgIpc) is 2.51. The molecule has 0 radical (unpaired) electrons. The smallest absolute Gasteiger partial charge is 0.119 e. The molecular weight excluding hydrogens is 222 g/mol. The van der Waals surface area contributed by atoms with Gasteiger partial charge in [0.1, 0.15) is 5.60 Å². The number of H-pyrrole nitrogens is 1. The van der Waals surface area contributed by atoms with Gasteiger partial charge in [0.15, 0.2) is 0 Å². The molecule has 1 unspecified atom stereocenters. The maximum atomic E-state index is 5.58. The van der Waals surface area contributed by atoms with Crippen LogP contribution in [0.1, 0.15) is 12.6 Å². The fourth-order valence-electron chi connectivity index (χ4n) is 0.930. The predicted molar refractivity (Wildman–Crippen MR) is 49.7 cm³/mol. The minimum Gasteiger partial charge on any atom is -0.371 e. The van der Waals surface area contributed by atoms with Gasteiger partial charge in [-0.05, 0) is 22.9 Å². The maximum Gasteiger partial charge on any atom is 0.119 e. The Morgan fingerprint density at radius 3 is 2.83 bits per heavy atom. The quantitative estimate of drug-likeness (QED) is 0.819. The number of nitrogens with one attached hydrogen (secondary N) is 1. The highest BCUT2D eigenvalue weighted by Gasteiger charge is 2.28. The first-order chi connectivity index (χ1) is 5.64. The molecule has 0 amide bonds. The Hall–Kier alpha value is -0.390. The lowest BCUT2D eigenvalue weighted by Crippen LogP contribution is -2.34. The lowest BCUT2D eigenvalue weighted by Gasteiger charge is -2.25. The van der Waals surface area contributed by atoms with Gasteiger partial charge in [0, 0.05) is 13.7 Å². The van der Waals surface area contributed by atoms with Crippen LogP contribution in [-0.4, -0.2) is 23.9 Å². The van der Waals surface area contributed by atoms with Gasteiger partial charge >= 0.3 is 0 Å². The third kappa shape index (κ3) is 1.53. The maximum absolute atomic E-state index is 5.58. The number of aromatic nitrogens is 2. The Balaban J connectivity index is 3.02. The average molecular weight is 234 g/mol. The van der Waals surface area contributed by atoms with Crippen LogP contribution in [0.3, 0.4) is 0 Å². The van der Waals surface area contributed by atoms with Crippen LogP contribution in [0.15, 0.2) is 10.7 Å². The molecule has 4 nitrogen and oxygen atoms in total. The van der Waals surface area contributed by atoms with E-state index in [4.69, 9.17) is 10.5 Å². The Bertz CT molecular complexity index is 257. The molecule has 0 saturated carbocycles. The van der Waals surface area contributed by atoms with E-state index in [1.807, 2.05) is 6.92 Å². The number of methoxy groups -OCH3 is 1. The van der Waals surface area contributed by atoms with Crippen molar-refractivity contribution in [1.82, 2.24) is 10.2 Å². The van der Waals surface area contributed by atoms with E-state index in [0.29, 0.717) is 6.54 Å². The molecule has 12 heavy (non-hydrogen) atoms. The van der Waals surface area contributed by atoms with E-state index >= 15 is 0 Å². The van der Waals surface area contributed by atoms with Gasteiger partial charge in [-0.1, -0.05) is 0 Å². The highest BCUT2D eigenvalue weighted by Crippen LogP contribution is 2.27. The lowest BCUT2D eigenvalue weighted by atomic mass is 10.0. The Morgan fingerprint density at radius 1 is 1.83 bits per heavy atom. The molecule has 5 heteroatoms. The molecule has 3 N–H and O–H groups in total. The SMILES string of the molecule is COC(C)(CN)c1[nH]ncc1Br. The molecule has 0 fully saturated rings. The summed E-state index contributed by atoms with van der Waals surface area (Å²) >= 11 is 3.35. The van der Waals surface area contributed by atoms with Crippen LogP contribution in [0.4, 0.5) is 0 Å². The summed E-state index contributed by atoms with van der Waals surface area (Å²) in [5.74, 6) is 0. The molecule has 0 bridgehead atoms. The van der Waals surface area contributed by atoms with E-state index in [2.05, 4.69) is 26.1 Å². The van der Waals surface area contributed by atoms with Gasteiger partial charge in [0.05, 0.1) is 16.4 Å². The van der Waals surface area contributed by atoms with E-state index in [9.17, 15) is 0 Å². The summed E-state index contributed by atoms with van der Waals surface area (Å²) in [5, 5.41) is 6.72. The Kier molecular flexibility index (Phi) is 2.87. The summed E-state index contributed by atoms with van der Waals surface area (Å²) in [6.45, 7) is 2.32. The molecular formula is C7H12BrN3O. The number of aromatic amines is 1. The van der Waals surface area contributed by atoms with E-state index in [-0.39, 0.29) is 0 Å². The lowest BCUT2D eigenvalue weighted by molar-refractivity contribution is 0.00578. The fraction of sp³-hybridized carbons (Fsp3) is 0.571. The van der Waals surface area contributed by atoms with Gasteiger partial charge in [-0.25, -0.2) is 0 Å². The van der Waals surface area contributed by atoms with Crippen LogP contribution in [0, 0.1) is 0 Å². The zero-order chi connectivity index (χ0) is 9.19.